The van der Waals surface area contributed by atoms with Crippen LogP contribution < -0.4 is 15.4 Å². The van der Waals surface area contributed by atoms with E-state index in [0.29, 0.717) is 19.1 Å². The average Bonchev–Trinajstić information content (AvgIpc) is 2.53. The molecule has 2 rings (SSSR count). The molecule has 0 bridgehead atoms. The number of ether oxygens (including phenoxy) is 1. The zero-order valence-electron chi connectivity index (χ0n) is 11.8. The molecule has 0 aliphatic rings. The Labute approximate surface area is 123 Å². The lowest BCUT2D eigenvalue weighted by Crippen LogP contribution is -2.35. The molecule has 1 heterocycles. The van der Waals surface area contributed by atoms with E-state index in [1.54, 1.807) is 13.2 Å². The molecule has 21 heavy (non-hydrogen) atoms. The largest absolute Gasteiger partial charge is 0.494 e. The van der Waals surface area contributed by atoms with Crippen LogP contribution in [0.3, 0.4) is 0 Å². The molecule has 0 radical (unpaired) electrons. The van der Waals surface area contributed by atoms with Crippen molar-refractivity contribution in [2.45, 2.75) is 6.42 Å². The molecule has 0 spiro atoms. The Morgan fingerprint density at radius 2 is 2.29 bits per heavy atom. The van der Waals surface area contributed by atoms with Gasteiger partial charge in [-0.05, 0) is 30.0 Å². The van der Waals surface area contributed by atoms with Crippen molar-refractivity contribution < 1.29 is 4.74 Å². The molecular formula is C15H17N5O. The third-order valence-corrected chi connectivity index (χ3v) is 2.89. The Kier molecular flexibility index (Phi) is 5.35. The number of nitrogens with zero attached hydrogens (tertiary/aromatic N) is 3. The molecule has 2 N–H and O–H groups in total. The molecule has 0 aliphatic carbocycles. The summed E-state index contributed by atoms with van der Waals surface area (Å²) in [5.74, 6) is 1.30. The number of aliphatic imine (C=N–C) groups is 1. The van der Waals surface area contributed by atoms with Crippen molar-refractivity contribution in [2.75, 3.05) is 20.2 Å². The Balaban J connectivity index is 1.76. The fraction of sp³-hybridized carbons (Fsp3) is 0.267. The lowest BCUT2D eigenvalue weighted by Gasteiger charge is -2.09. The van der Waals surface area contributed by atoms with E-state index in [4.69, 9.17) is 10.00 Å². The summed E-state index contributed by atoms with van der Waals surface area (Å²) in [6.45, 7) is 1.26. The highest BCUT2D eigenvalue weighted by atomic mass is 16.5. The molecule has 0 unspecified atom stereocenters. The fourth-order valence-electron chi connectivity index (χ4n) is 1.85. The first-order valence-electron chi connectivity index (χ1n) is 6.66. The molecule has 0 saturated heterocycles. The quantitative estimate of drug-likeness (QED) is 0.287. The van der Waals surface area contributed by atoms with Crippen molar-refractivity contribution in [2.24, 2.45) is 4.99 Å². The Morgan fingerprint density at radius 1 is 1.38 bits per heavy atom. The fourth-order valence-corrected chi connectivity index (χ4v) is 1.85. The van der Waals surface area contributed by atoms with E-state index in [-0.39, 0.29) is 0 Å². The van der Waals surface area contributed by atoms with Crippen LogP contribution in [0.1, 0.15) is 6.42 Å². The Bertz CT molecular complexity index is 662. The van der Waals surface area contributed by atoms with Crippen molar-refractivity contribution in [1.82, 2.24) is 15.6 Å². The summed E-state index contributed by atoms with van der Waals surface area (Å²) >= 11 is 0. The van der Waals surface area contributed by atoms with E-state index in [1.165, 1.54) is 0 Å². The van der Waals surface area contributed by atoms with Gasteiger partial charge < -0.3 is 10.1 Å². The second kappa shape index (κ2) is 7.70. The van der Waals surface area contributed by atoms with Gasteiger partial charge in [0.1, 0.15) is 5.75 Å². The van der Waals surface area contributed by atoms with E-state index in [9.17, 15) is 0 Å². The van der Waals surface area contributed by atoms with Crippen LogP contribution in [-0.4, -0.2) is 31.1 Å². The molecule has 1 aromatic carbocycles. The summed E-state index contributed by atoms with van der Waals surface area (Å²) in [7, 11) is 1.62. The normalized spacial score (nSPS) is 11.0. The predicted octanol–water partition coefficient (Wildman–Crippen LogP) is 1.65. The van der Waals surface area contributed by atoms with E-state index in [0.717, 1.165) is 22.9 Å². The third-order valence-electron chi connectivity index (χ3n) is 2.89. The number of hydrogen-bond donors (Lipinski definition) is 2. The summed E-state index contributed by atoms with van der Waals surface area (Å²) in [4.78, 5) is 7.99. The van der Waals surface area contributed by atoms with Gasteiger partial charge in [-0.25, -0.2) is 0 Å². The topological polar surface area (TPSA) is 82.3 Å². The Hall–Kier alpha value is -2.81. The van der Waals surface area contributed by atoms with Gasteiger partial charge in [-0.3, -0.25) is 15.3 Å². The van der Waals surface area contributed by atoms with Crippen molar-refractivity contribution in [1.29, 1.82) is 5.26 Å². The van der Waals surface area contributed by atoms with Gasteiger partial charge in [-0.1, -0.05) is 6.07 Å². The van der Waals surface area contributed by atoms with Crippen LogP contribution in [0, 0.1) is 11.5 Å². The maximum atomic E-state index is 8.49. The minimum absolute atomic E-state index is 0.467. The van der Waals surface area contributed by atoms with Gasteiger partial charge in [-0.2, -0.15) is 5.26 Å². The number of fused-ring (bicyclic) bond motifs is 1. The molecule has 0 aliphatic heterocycles. The van der Waals surface area contributed by atoms with Crippen molar-refractivity contribution >= 4 is 16.7 Å². The number of nitrogens with one attached hydrogen (secondary N) is 2. The summed E-state index contributed by atoms with van der Waals surface area (Å²) in [6, 6.07) is 7.91. The number of hydrogen-bond acceptors (Lipinski definition) is 4. The first-order valence-corrected chi connectivity index (χ1v) is 6.66. The van der Waals surface area contributed by atoms with Gasteiger partial charge in [0.05, 0.1) is 6.61 Å². The number of pyridine rings is 1. The molecule has 0 atom stereocenters. The standard InChI is InChI=1S/C15H17N5O/c1-17-15(20-11-16)19-6-2-8-21-14-4-3-12-5-7-18-10-13(12)9-14/h3-5,7,9-10H,2,6,8H2,1H3,(H2,17,19,20). The Morgan fingerprint density at radius 3 is 3.10 bits per heavy atom. The smallest absolute Gasteiger partial charge is 0.204 e. The van der Waals surface area contributed by atoms with Crippen LogP contribution in [0.4, 0.5) is 0 Å². The average molecular weight is 283 g/mol. The SMILES string of the molecule is CN=C(NC#N)NCCCOc1ccc2ccncc2c1. The van der Waals surface area contributed by atoms with Crippen LogP contribution in [0.2, 0.25) is 0 Å². The number of benzene rings is 1. The molecule has 0 fully saturated rings. The van der Waals surface area contributed by atoms with Gasteiger partial charge in [-0.15, -0.1) is 0 Å². The summed E-state index contributed by atoms with van der Waals surface area (Å²) < 4.78 is 5.70. The number of nitriles is 1. The molecule has 0 amide bonds. The maximum absolute atomic E-state index is 8.49. The van der Waals surface area contributed by atoms with Crippen LogP contribution in [0.25, 0.3) is 10.8 Å². The summed E-state index contributed by atoms with van der Waals surface area (Å²) in [5.41, 5.74) is 0. The molecule has 2 aromatic rings. The zero-order chi connectivity index (χ0) is 14.9. The first-order chi connectivity index (χ1) is 10.3. The van der Waals surface area contributed by atoms with Crippen molar-refractivity contribution in [3.63, 3.8) is 0 Å². The van der Waals surface area contributed by atoms with Gasteiger partial charge in [0.2, 0.25) is 5.96 Å². The second-order valence-electron chi connectivity index (χ2n) is 4.32. The molecule has 0 saturated carbocycles. The minimum Gasteiger partial charge on any atom is -0.494 e. The highest BCUT2D eigenvalue weighted by Gasteiger charge is 1.98. The van der Waals surface area contributed by atoms with Crippen LogP contribution in [-0.2, 0) is 0 Å². The minimum atomic E-state index is 0.467. The number of guanidine groups is 1. The van der Waals surface area contributed by atoms with E-state index < -0.39 is 0 Å². The lowest BCUT2D eigenvalue weighted by atomic mass is 10.2. The van der Waals surface area contributed by atoms with Crippen LogP contribution in [0.5, 0.6) is 5.75 Å². The zero-order valence-corrected chi connectivity index (χ0v) is 11.8. The highest BCUT2D eigenvalue weighted by Crippen LogP contribution is 2.19. The molecule has 1 aromatic heterocycles. The first kappa shape index (κ1) is 14.6. The van der Waals surface area contributed by atoms with Crippen LogP contribution in [0.15, 0.2) is 41.7 Å². The molecule has 108 valence electrons. The predicted molar refractivity (Wildman–Crippen MR) is 82.0 cm³/mol. The van der Waals surface area contributed by atoms with E-state index in [1.807, 2.05) is 36.7 Å². The second-order valence-corrected chi connectivity index (χ2v) is 4.32. The molecule has 6 heteroatoms. The molecular weight excluding hydrogens is 266 g/mol. The molecule has 6 nitrogen and oxygen atoms in total. The number of aromatic nitrogens is 1. The van der Waals surface area contributed by atoms with Gasteiger partial charge >= 0.3 is 0 Å². The van der Waals surface area contributed by atoms with Crippen LogP contribution >= 0.6 is 0 Å². The van der Waals surface area contributed by atoms with E-state index in [2.05, 4.69) is 20.6 Å². The van der Waals surface area contributed by atoms with Crippen molar-refractivity contribution in [3.05, 3.63) is 36.7 Å². The number of rotatable bonds is 5. The lowest BCUT2D eigenvalue weighted by molar-refractivity contribution is 0.311. The van der Waals surface area contributed by atoms with Gasteiger partial charge in [0.25, 0.3) is 0 Å². The summed E-state index contributed by atoms with van der Waals surface area (Å²) in [6.07, 6.45) is 6.22. The van der Waals surface area contributed by atoms with E-state index >= 15 is 0 Å². The van der Waals surface area contributed by atoms with Gasteiger partial charge in [0.15, 0.2) is 6.19 Å². The third kappa shape index (κ3) is 4.35. The highest BCUT2D eigenvalue weighted by molar-refractivity contribution is 5.82. The monoisotopic (exact) mass is 283 g/mol. The summed E-state index contributed by atoms with van der Waals surface area (Å²) in [5, 5.41) is 16.2. The maximum Gasteiger partial charge on any atom is 0.204 e. The van der Waals surface area contributed by atoms with Crippen molar-refractivity contribution in [3.8, 4) is 11.9 Å². The van der Waals surface area contributed by atoms with Gasteiger partial charge in [0, 0.05) is 31.4 Å².